The lowest BCUT2D eigenvalue weighted by Crippen LogP contribution is -2.84. The predicted molar refractivity (Wildman–Crippen MR) is 91.5 cm³/mol. The van der Waals surface area contributed by atoms with Crippen LogP contribution >= 0.6 is 11.6 Å². The van der Waals surface area contributed by atoms with Gasteiger partial charge in [0.1, 0.15) is 11.9 Å². The molecule has 2 amide bonds. The van der Waals surface area contributed by atoms with Crippen molar-refractivity contribution in [2.24, 2.45) is 0 Å². The van der Waals surface area contributed by atoms with Crippen molar-refractivity contribution in [3.8, 4) is 5.75 Å². The van der Waals surface area contributed by atoms with Crippen molar-refractivity contribution in [2.45, 2.75) is 49.3 Å². The highest BCUT2D eigenvalue weighted by molar-refractivity contribution is 6.30. The van der Waals surface area contributed by atoms with Crippen molar-refractivity contribution >= 4 is 23.4 Å². The second kappa shape index (κ2) is 6.18. The molecule has 1 saturated heterocycles. The lowest BCUT2D eigenvalue weighted by atomic mass is 9.44. The SMILES string of the molecule is O=C(COc1ccc(Cl)cc1)NC12CC(NC(=O)C3CCCO3)(C1)C2. The van der Waals surface area contributed by atoms with Gasteiger partial charge in [0.05, 0.1) is 0 Å². The fourth-order valence-corrected chi connectivity index (χ4v) is 4.32. The lowest BCUT2D eigenvalue weighted by Gasteiger charge is -2.70. The molecule has 0 radical (unpaired) electrons. The number of hydrogen-bond donors (Lipinski definition) is 2. The molecule has 3 aliphatic carbocycles. The maximum atomic E-state index is 12.1. The van der Waals surface area contributed by atoms with Crippen LogP contribution in [-0.2, 0) is 14.3 Å². The molecular formula is C18H21ClN2O4. The third-order valence-corrected chi connectivity index (χ3v) is 5.48. The van der Waals surface area contributed by atoms with Gasteiger partial charge in [0.25, 0.3) is 5.91 Å². The largest absolute Gasteiger partial charge is 0.484 e. The van der Waals surface area contributed by atoms with Crippen LogP contribution in [0.5, 0.6) is 5.75 Å². The van der Waals surface area contributed by atoms with Crippen molar-refractivity contribution in [3.63, 3.8) is 0 Å². The van der Waals surface area contributed by atoms with E-state index in [1.807, 2.05) is 0 Å². The summed E-state index contributed by atoms with van der Waals surface area (Å²) in [7, 11) is 0. The van der Waals surface area contributed by atoms with Crippen molar-refractivity contribution in [1.29, 1.82) is 0 Å². The van der Waals surface area contributed by atoms with Gasteiger partial charge in [0, 0.05) is 22.7 Å². The Hall–Kier alpha value is -1.79. The maximum absolute atomic E-state index is 12.1. The van der Waals surface area contributed by atoms with Gasteiger partial charge in [-0.1, -0.05) is 11.6 Å². The molecule has 2 bridgehead atoms. The third-order valence-electron chi connectivity index (χ3n) is 5.23. The Bertz CT molecular complexity index is 665. The minimum absolute atomic E-state index is 0.0109. The van der Waals surface area contributed by atoms with Crippen LogP contribution in [0, 0.1) is 0 Å². The van der Waals surface area contributed by atoms with Gasteiger partial charge >= 0.3 is 0 Å². The van der Waals surface area contributed by atoms with Gasteiger partial charge in [-0.05, 0) is 56.4 Å². The molecule has 5 rings (SSSR count). The highest BCUT2D eigenvalue weighted by atomic mass is 35.5. The van der Waals surface area contributed by atoms with Gasteiger partial charge < -0.3 is 20.1 Å². The Balaban J connectivity index is 1.20. The zero-order valence-corrected chi connectivity index (χ0v) is 14.6. The third kappa shape index (κ3) is 3.33. The normalized spacial score (nSPS) is 32.3. The topological polar surface area (TPSA) is 76.7 Å². The van der Waals surface area contributed by atoms with Gasteiger partial charge in [-0.15, -0.1) is 0 Å². The Labute approximate surface area is 151 Å². The van der Waals surface area contributed by atoms with Crippen LogP contribution in [0.4, 0.5) is 0 Å². The first kappa shape index (κ1) is 16.7. The molecule has 1 heterocycles. The number of amides is 2. The van der Waals surface area contributed by atoms with Crippen molar-refractivity contribution in [3.05, 3.63) is 29.3 Å². The second-order valence-corrected chi connectivity index (χ2v) is 7.81. The summed E-state index contributed by atoms with van der Waals surface area (Å²) >= 11 is 5.81. The van der Waals surface area contributed by atoms with Gasteiger partial charge in [-0.2, -0.15) is 0 Å². The smallest absolute Gasteiger partial charge is 0.258 e. The highest BCUT2D eigenvalue weighted by Gasteiger charge is 2.69. The van der Waals surface area contributed by atoms with Crippen molar-refractivity contribution in [1.82, 2.24) is 10.6 Å². The maximum Gasteiger partial charge on any atom is 0.258 e. The number of benzene rings is 1. The van der Waals surface area contributed by atoms with E-state index in [9.17, 15) is 9.59 Å². The first-order chi connectivity index (χ1) is 12.0. The molecule has 1 atom stereocenters. The van der Waals surface area contributed by atoms with Gasteiger partial charge in [-0.3, -0.25) is 9.59 Å². The first-order valence-electron chi connectivity index (χ1n) is 8.61. The van der Waals surface area contributed by atoms with E-state index in [2.05, 4.69) is 10.6 Å². The Morgan fingerprint density at radius 3 is 2.48 bits per heavy atom. The van der Waals surface area contributed by atoms with E-state index in [4.69, 9.17) is 21.1 Å². The number of halogens is 1. The van der Waals surface area contributed by atoms with Crippen molar-refractivity contribution < 1.29 is 19.1 Å². The zero-order valence-electron chi connectivity index (χ0n) is 13.8. The average molecular weight is 365 g/mol. The van der Waals surface area contributed by atoms with Crippen LogP contribution in [0.25, 0.3) is 0 Å². The highest BCUT2D eigenvalue weighted by Crippen LogP contribution is 2.60. The standard InChI is InChI=1S/C18H21ClN2O4/c19-12-3-5-13(6-4-12)25-8-15(22)20-17-9-18(10-17,11-17)21-16(23)14-2-1-7-24-14/h3-6,14H,1-2,7-11H2,(H,20,22)(H,21,23). The summed E-state index contributed by atoms with van der Waals surface area (Å²) in [4.78, 5) is 24.2. The predicted octanol–water partition coefficient (Wildman–Crippen LogP) is 1.81. The number of carbonyl (C=O) groups excluding carboxylic acids is 2. The van der Waals surface area contributed by atoms with Crippen LogP contribution in [0.3, 0.4) is 0 Å². The first-order valence-corrected chi connectivity index (χ1v) is 8.99. The van der Waals surface area contributed by atoms with E-state index in [1.54, 1.807) is 24.3 Å². The quantitative estimate of drug-likeness (QED) is 0.807. The summed E-state index contributed by atoms with van der Waals surface area (Å²) in [5.74, 6) is 0.453. The zero-order chi connectivity index (χ0) is 17.5. The molecule has 3 saturated carbocycles. The lowest BCUT2D eigenvalue weighted by molar-refractivity contribution is -0.155. The molecule has 25 heavy (non-hydrogen) atoms. The van der Waals surface area contributed by atoms with E-state index in [0.717, 1.165) is 32.1 Å². The molecule has 7 heteroatoms. The molecule has 2 N–H and O–H groups in total. The average Bonchev–Trinajstić information content (AvgIpc) is 3.05. The molecule has 4 fully saturated rings. The van der Waals surface area contributed by atoms with Gasteiger partial charge in [0.2, 0.25) is 5.91 Å². The summed E-state index contributed by atoms with van der Waals surface area (Å²) in [6.45, 7) is 0.636. The molecule has 1 aliphatic heterocycles. The summed E-state index contributed by atoms with van der Waals surface area (Å²) in [6, 6.07) is 6.89. The molecule has 1 unspecified atom stereocenters. The number of nitrogens with one attached hydrogen (secondary N) is 2. The van der Waals surface area contributed by atoms with E-state index >= 15 is 0 Å². The van der Waals surface area contributed by atoms with E-state index in [-0.39, 0.29) is 35.6 Å². The molecule has 1 aromatic rings. The van der Waals surface area contributed by atoms with Crippen LogP contribution in [-0.4, -0.2) is 42.2 Å². The van der Waals surface area contributed by atoms with Gasteiger partial charge in [-0.25, -0.2) is 0 Å². The fraction of sp³-hybridized carbons (Fsp3) is 0.556. The minimum Gasteiger partial charge on any atom is -0.484 e. The Morgan fingerprint density at radius 1 is 1.16 bits per heavy atom. The molecule has 6 nitrogen and oxygen atoms in total. The summed E-state index contributed by atoms with van der Waals surface area (Å²) in [6.07, 6.45) is 3.79. The van der Waals surface area contributed by atoms with E-state index in [0.29, 0.717) is 17.4 Å². The van der Waals surface area contributed by atoms with Crippen LogP contribution < -0.4 is 15.4 Å². The molecule has 4 aliphatic rings. The number of hydrogen-bond acceptors (Lipinski definition) is 4. The monoisotopic (exact) mass is 364 g/mol. The second-order valence-electron chi connectivity index (χ2n) is 7.37. The molecule has 0 aromatic heterocycles. The molecular weight excluding hydrogens is 344 g/mol. The van der Waals surface area contributed by atoms with Crippen LogP contribution in [0.15, 0.2) is 24.3 Å². The fourth-order valence-electron chi connectivity index (χ4n) is 4.19. The number of ether oxygens (including phenoxy) is 2. The van der Waals surface area contributed by atoms with Crippen LogP contribution in [0.1, 0.15) is 32.1 Å². The Kier molecular flexibility index (Phi) is 4.12. The van der Waals surface area contributed by atoms with E-state index in [1.165, 1.54) is 0 Å². The minimum atomic E-state index is -0.299. The number of carbonyl (C=O) groups is 2. The Morgan fingerprint density at radius 2 is 1.84 bits per heavy atom. The van der Waals surface area contributed by atoms with Gasteiger partial charge in [0.15, 0.2) is 6.61 Å². The number of rotatable bonds is 6. The van der Waals surface area contributed by atoms with Crippen LogP contribution in [0.2, 0.25) is 5.02 Å². The summed E-state index contributed by atoms with van der Waals surface area (Å²) in [5, 5.41) is 6.76. The summed E-state index contributed by atoms with van der Waals surface area (Å²) in [5.41, 5.74) is -0.322. The van der Waals surface area contributed by atoms with E-state index < -0.39 is 0 Å². The molecule has 0 spiro atoms. The molecule has 134 valence electrons. The van der Waals surface area contributed by atoms with Crippen molar-refractivity contribution in [2.75, 3.05) is 13.2 Å². The molecule has 1 aromatic carbocycles. The summed E-state index contributed by atoms with van der Waals surface area (Å²) < 4.78 is 10.9.